The minimum Gasteiger partial charge on any atom is -0.494 e. The number of aliphatic imine (C=N–C) groups is 1. The summed E-state index contributed by atoms with van der Waals surface area (Å²) < 4.78 is 18.8. The topological polar surface area (TPSA) is 38.7 Å². The number of isocyanates is 1. The van der Waals surface area contributed by atoms with Crippen molar-refractivity contribution in [2.45, 2.75) is 6.54 Å². The van der Waals surface area contributed by atoms with Crippen LogP contribution in [0.25, 0.3) is 0 Å². The summed E-state index contributed by atoms with van der Waals surface area (Å²) >= 11 is 3.16. The van der Waals surface area contributed by atoms with Crippen molar-refractivity contribution in [3.05, 3.63) is 28.0 Å². The Hall–Kier alpha value is -1.19. The standard InChI is InChI=1S/C9H7BrFNO2/c1-14-8-3-2-7(10)6(9(8)11)4-12-5-13/h2-3H,4H2,1H3. The third kappa shape index (κ3) is 2.19. The molecule has 3 nitrogen and oxygen atoms in total. The van der Waals surface area contributed by atoms with Gasteiger partial charge < -0.3 is 4.74 Å². The fraction of sp³-hybridized carbons (Fsp3) is 0.222. The molecule has 0 aliphatic carbocycles. The van der Waals surface area contributed by atoms with E-state index in [1.54, 1.807) is 6.07 Å². The van der Waals surface area contributed by atoms with Gasteiger partial charge in [0.05, 0.1) is 13.7 Å². The lowest BCUT2D eigenvalue weighted by molar-refractivity contribution is 0.384. The predicted molar refractivity (Wildman–Crippen MR) is 52.5 cm³/mol. The van der Waals surface area contributed by atoms with Gasteiger partial charge in [0.2, 0.25) is 6.08 Å². The summed E-state index contributed by atoms with van der Waals surface area (Å²) in [4.78, 5) is 13.2. The zero-order valence-corrected chi connectivity index (χ0v) is 8.97. The molecule has 0 aliphatic rings. The number of hydrogen-bond acceptors (Lipinski definition) is 3. The molecule has 0 N–H and O–H groups in total. The first kappa shape index (κ1) is 10.9. The van der Waals surface area contributed by atoms with E-state index in [1.807, 2.05) is 0 Å². The molecule has 5 heteroatoms. The van der Waals surface area contributed by atoms with Crippen LogP contribution in [0, 0.1) is 5.82 Å². The molecule has 0 radical (unpaired) electrons. The molecule has 74 valence electrons. The van der Waals surface area contributed by atoms with Gasteiger partial charge in [0, 0.05) is 10.0 Å². The highest BCUT2D eigenvalue weighted by Crippen LogP contribution is 2.27. The van der Waals surface area contributed by atoms with E-state index in [0.29, 0.717) is 4.47 Å². The first-order valence-corrected chi connectivity index (χ1v) is 4.54. The van der Waals surface area contributed by atoms with Gasteiger partial charge in [-0.15, -0.1) is 0 Å². The molecule has 0 aromatic heterocycles. The Morgan fingerprint density at radius 3 is 2.93 bits per heavy atom. The van der Waals surface area contributed by atoms with Gasteiger partial charge in [-0.25, -0.2) is 14.2 Å². The smallest absolute Gasteiger partial charge is 0.235 e. The minimum atomic E-state index is -0.513. The fourth-order valence-corrected chi connectivity index (χ4v) is 1.42. The van der Waals surface area contributed by atoms with E-state index in [9.17, 15) is 9.18 Å². The van der Waals surface area contributed by atoms with Crippen molar-refractivity contribution in [3.8, 4) is 5.75 Å². The molecule has 0 atom stereocenters. The van der Waals surface area contributed by atoms with Crippen molar-refractivity contribution >= 4 is 22.0 Å². The van der Waals surface area contributed by atoms with E-state index in [4.69, 9.17) is 4.74 Å². The van der Waals surface area contributed by atoms with Gasteiger partial charge in [-0.05, 0) is 12.1 Å². The van der Waals surface area contributed by atoms with Crippen LogP contribution in [0.1, 0.15) is 5.56 Å². The summed E-state index contributed by atoms with van der Waals surface area (Å²) in [5, 5.41) is 0. The van der Waals surface area contributed by atoms with Crippen LogP contribution in [0.15, 0.2) is 21.6 Å². The minimum absolute atomic E-state index is 0.0485. The number of rotatable bonds is 3. The number of hydrogen-bond donors (Lipinski definition) is 0. The van der Waals surface area contributed by atoms with Crippen molar-refractivity contribution in [1.82, 2.24) is 0 Å². The van der Waals surface area contributed by atoms with Gasteiger partial charge in [-0.1, -0.05) is 15.9 Å². The quantitative estimate of drug-likeness (QED) is 0.618. The lowest BCUT2D eigenvalue weighted by atomic mass is 10.2. The lowest BCUT2D eigenvalue weighted by Gasteiger charge is -2.06. The Morgan fingerprint density at radius 2 is 2.36 bits per heavy atom. The Bertz CT molecular complexity index is 389. The third-order valence-electron chi connectivity index (χ3n) is 1.67. The summed E-state index contributed by atoms with van der Waals surface area (Å²) in [5.41, 5.74) is 0.285. The average molecular weight is 260 g/mol. The van der Waals surface area contributed by atoms with Crippen LogP contribution in [-0.4, -0.2) is 13.2 Å². The number of ether oxygens (including phenoxy) is 1. The number of carbonyl (C=O) groups excluding carboxylic acids is 1. The van der Waals surface area contributed by atoms with Crippen molar-refractivity contribution < 1.29 is 13.9 Å². The van der Waals surface area contributed by atoms with Gasteiger partial charge in [0.15, 0.2) is 11.6 Å². The number of benzene rings is 1. The molecule has 14 heavy (non-hydrogen) atoms. The molecule has 0 unspecified atom stereocenters. The number of methoxy groups -OCH3 is 1. The maximum atomic E-state index is 13.5. The fourth-order valence-electron chi connectivity index (χ4n) is 0.990. The van der Waals surface area contributed by atoms with Crippen LogP contribution in [0.3, 0.4) is 0 Å². The molecule has 0 aliphatic heterocycles. The third-order valence-corrected chi connectivity index (χ3v) is 2.42. The number of halogens is 2. The molecule has 1 rings (SSSR count). The molecule has 0 fully saturated rings. The van der Waals surface area contributed by atoms with Crippen LogP contribution in [0.5, 0.6) is 5.75 Å². The highest BCUT2D eigenvalue weighted by molar-refractivity contribution is 9.10. The SMILES string of the molecule is COc1ccc(Br)c(CN=C=O)c1F. The Labute approximate surface area is 88.7 Å². The van der Waals surface area contributed by atoms with Crippen molar-refractivity contribution in [3.63, 3.8) is 0 Å². The summed E-state index contributed by atoms with van der Waals surface area (Å²) in [6.07, 6.45) is 1.35. The van der Waals surface area contributed by atoms with Crippen molar-refractivity contribution in [1.29, 1.82) is 0 Å². The molecule has 0 saturated heterocycles. The van der Waals surface area contributed by atoms with Crippen molar-refractivity contribution in [2.24, 2.45) is 4.99 Å². The summed E-state index contributed by atoms with van der Waals surface area (Å²) in [5.74, 6) is -0.384. The highest BCUT2D eigenvalue weighted by Gasteiger charge is 2.11. The Morgan fingerprint density at radius 1 is 1.64 bits per heavy atom. The van der Waals surface area contributed by atoms with Gasteiger partial charge in [0.1, 0.15) is 0 Å². The second kappa shape index (κ2) is 4.88. The second-order valence-corrected chi connectivity index (χ2v) is 3.30. The summed E-state index contributed by atoms with van der Waals surface area (Å²) in [6.45, 7) is -0.0485. The van der Waals surface area contributed by atoms with E-state index in [0.717, 1.165) is 0 Å². The van der Waals surface area contributed by atoms with Crippen LogP contribution in [-0.2, 0) is 11.3 Å². The largest absolute Gasteiger partial charge is 0.494 e. The van der Waals surface area contributed by atoms with E-state index < -0.39 is 5.82 Å². The summed E-state index contributed by atoms with van der Waals surface area (Å²) in [6, 6.07) is 3.13. The van der Waals surface area contributed by atoms with Gasteiger partial charge >= 0.3 is 0 Å². The van der Waals surface area contributed by atoms with Gasteiger partial charge in [-0.2, -0.15) is 0 Å². The van der Waals surface area contributed by atoms with Crippen LogP contribution in [0.2, 0.25) is 0 Å². The molecule has 0 heterocycles. The van der Waals surface area contributed by atoms with Gasteiger partial charge in [0.25, 0.3) is 0 Å². The van der Waals surface area contributed by atoms with E-state index in [2.05, 4.69) is 20.9 Å². The first-order valence-electron chi connectivity index (χ1n) is 3.75. The van der Waals surface area contributed by atoms with Crippen molar-refractivity contribution in [2.75, 3.05) is 7.11 Å². The molecule has 0 amide bonds. The maximum absolute atomic E-state index is 13.5. The van der Waals surface area contributed by atoms with Crippen LogP contribution in [0.4, 0.5) is 4.39 Å². The average Bonchev–Trinajstić information content (AvgIpc) is 2.18. The molecular formula is C9H7BrFNO2. The van der Waals surface area contributed by atoms with Crippen LogP contribution < -0.4 is 4.74 Å². The zero-order valence-electron chi connectivity index (χ0n) is 7.38. The molecule has 0 spiro atoms. The molecule has 0 saturated carbocycles. The van der Waals surface area contributed by atoms with Crippen LogP contribution >= 0.6 is 15.9 Å². The lowest BCUT2D eigenvalue weighted by Crippen LogP contribution is -1.95. The zero-order chi connectivity index (χ0) is 10.6. The van der Waals surface area contributed by atoms with E-state index >= 15 is 0 Å². The maximum Gasteiger partial charge on any atom is 0.235 e. The molecular weight excluding hydrogens is 253 g/mol. The normalized spacial score (nSPS) is 9.36. The predicted octanol–water partition coefficient (Wildman–Crippen LogP) is 2.43. The Balaban J connectivity index is 3.17. The van der Waals surface area contributed by atoms with Gasteiger partial charge in [-0.3, -0.25) is 0 Å². The van der Waals surface area contributed by atoms with E-state index in [1.165, 1.54) is 19.3 Å². The summed E-state index contributed by atoms with van der Waals surface area (Å²) in [7, 11) is 1.37. The second-order valence-electron chi connectivity index (χ2n) is 2.45. The van der Waals surface area contributed by atoms with E-state index in [-0.39, 0.29) is 17.9 Å². The molecule has 1 aromatic carbocycles. The number of nitrogens with zero attached hydrogens (tertiary/aromatic N) is 1. The molecule has 1 aromatic rings. The first-order chi connectivity index (χ1) is 6.70. The Kier molecular flexibility index (Phi) is 3.80. The highest BCUT2D eigenvalue weighted by atomic mass is 79.9. The molecule has 0 bridgehead atoms. The monoisotopic (exact) mass is 259 g/mol.